The third kappa shape index (κ3) is 3.80. The van der Waals surface area contributed by atoms with Gasteiger partial charge in [-0.1, -0.05) is 0 Å². The maximum absolute atomic E-state index is 12.6. The molecule has 1 unspecified atom stereocenters. The minimum absolute atomic E-state index is 0.136. The van der Waals surface area contributed by atoms with Gasteiger partial charge in [0, 0.05) is 18.3 Å². The van der Waals surface area contributed by atoms with E-state index in [1.54, 1.807) is 0 Å². The third-order valence-electron chi connectivity index (χ3n) is 2.61. The average Bonchev–Trinajstić information content (AvgIpc) is 2.83. The lowest BCUT2D eigenvalue weighted by atomic mass is 10.2. The minimum atomic E-state index is -0.316. The predicted octanol–water partition coefficient (Wildman–Crippen LogP) is 1.14. The van der Waals surface area contributed by atoms with E-state index in [1.807, 2.05) is 0 Å². The van der Waals surface area contributed by atoms with Crippen molar-refractivity contribution in [1.82, 2.24) is 5.32 Å². The molecule has 92 valence electrons. The third-order valence-corrected chi connectivity index (χ3v) is 2.61. The molecule has 1 aromatic carbocycles. The fraction of sp³-hybridized carbons (Fsp3) is 0.417. The monoisotopic (exact) mass is 238 g/mol. The van der Waals surface area contributed by atoms with Gasteiger partial charge in [-0.05, 0) is 30.7 Å². The van der Waals surface area contributed by atoms with Gasteiger partial charge in [-0.15, -0.1) is 0 Å². The predicted molar refractivity (Wildman–Crippen MR) is 62.3 cm³/mol. The van der Waals surface area contributed by atoms with Gasteiger partial charge in [0.15, 0.2) is 0 Å². The minimum Gasteiger partial charge on any atom is -0.380 e. The average molecular weight is 238 g/mol. The first-order chi connectivity index (χ1) is 8.24. The molecular formula is C12H15FN2O2. The summed E-state index contributed by atoms with van der Waals surface area (Å²) in [4.78, 5) is 11.5. The van der Waals surface area contributed by atoms with Crippen molar-refractivity contribution >= 4 is 11.6 Å². The Morgan fingerprint density at radius 1 is 1.41 bits per heavy atom. The fourth-order valence-corrected chi connectivity index (χ4v) is 1.67. The highest BCUT2D eigenvalue weighted by Gasteiger charge is 2.15. The van der Waals surface area contributed by atoms with Crippen molar-refractivity contribution < 1.29 is 13.9 Å². The van der Waals surface area contributed by atoms with E-state index in [0.717, 1.165) is 13.0 Å². The van der Waals surface area contributed by atoms with Crippen molar-refractivity contribution in [2.24, 2.45) is 0 Å². The lowest BCUT2D eigenvalue weighted by Gasteiger charge is -2.10. The fourth-order valence-electron chi connectivity index (χ4n) is 1.67. The van der Waals surface area contributed by atoms with Crippen LogP contribution in [0.25, 0.3) is 0 Å². The van der Waals surface area contributed by atoms with E-state index >= 15 is 0 Å². The van der Waals surface area contributed by atoms with E-state index in [2.05, 4.69) is 10.6 Å². The van der Waals surface area contributed by atoms with Gasteiger partial charge in [-0.2, -0.15) is 0 Å². The standard InChI is InChI=1S/C12H15FN2O2/c13-9-1-3-10(4-2-9)15-12(16)7-14-11-5-6-17-8-11/h1-4,11,14H,5-8H2,(H,15,16). The van der Waals surface area contributed by atoms with Crippen LogP contribution in [-0.4, -0.2) is 31.7 Å². The zero-order chi connectivity index (χ0) is 12.1. The molecule has 0 aliphatic carbocycles. The summed E-state index contributed by atoms with van der Waals surface area (Å²) in [6.45, 7) is 1.65. The number of halogens is 1. The van der Waals surface area contributed by atoms with Crippen LogP contribution in [0.2, 0.25) is 0 Å². The second kappa shape index (κ2) is 5.75. The van der Waals surface area contributed by atoms with E-state index < -0.39 is 0 Å². The molecule has 0 radical (unpaired) electrons. The Morgan fingerprint density at radius 3 is 2.82 bits per heavy atom. The van der Waals surface area contributed by atoms with Crippen LogP contribution < -0.4 is 10.6 Å². The van der Waals surface area contributed by atoms with Crippen LogP contribution in [0.5, 0.6) is 0 Å². The first-order valence-electron chi connectivity index (χ1n) is 5.60. The van der Waals surface area contributed by atoms with Crippen LogP contribution in [-0.2, 0) is 9.53 Å². The molecule has 2 rings (SSSR count). The molecule has 1 aliphatic heterocycles. The van der Waals surface area contributed by atoms with Gasteiger partial charge in [-0.25, -0.2) is 4.39 Å². The molecule has 1 amide bonds. The summed E-state index contributed by atoms with van der Waals surface area (Å²) in [5, 5.41) is 5.79. The summed E-state index contributed by atoms with van der Waals surface area (Å²) in [6, 6.07) is 5.95. The zero-order valence-electron chi connectivity index (χ0n) is 9.41. The van der Waals surface area contributed by atoms with Crippen LogP contribution in [0.3, 0.4) is 0 Å². The van der Waals surface area contributed by atoms with Crippen LogP contribution in [0.4, 0.5) is 10.1 Å². The Kier molecular flexibility index (Phi) is 4.06. The molecule has 4 nitrogen and oxygen atoms in total. The van der Waals surface area contributed by atoms with Crippen molar-refractivity contribution in [2.75, 3.05) is 25.1 Å². The van der Waals surface area contributed by atoms with Crippen molar-refractivity contribution in [3.63, 3.8) is 0 Å². The number of amides is 1. The molecule has 0 bridgehead atoms. The molecule has 17 heavy (non-hydrogen) atoms. The highest BCUT2D eigenvalue weighted by Crippen LogP contribution is 2.08. The van der Waals surface area contributed by atoms with Gasteiger partial charge in [0.2, 0.25) is 5.91 Å². The Morgan fingerprint density at radius 2 is 2.18 bits per heavy atom. The topological polar surface area (TPSA) is 50.4 Å². The number of rotatable bonds is 4. The van der Waals surface area contributed by atoms with Gasteiger partial charge < -0.3 is 15.4 Å². The van der Waals surface area contributed by atoms with Gasteiger partial charge in [0.25, 0.3) is 0 Å². The van der Waals surface area contributed by atoms with Crippen LogP contribution in [0.1, 0.15) is 6.42 Å². The summed E-state index contributed by atoms with van der Waals surface area (Å²) in [6.07, 6.45) is 0.934. The van der Waals surface area contributed by atoms with Gasteiger partial charge in [0.05, 0.1) is 13.2 Å². The number of benzene rings is 1. The quantitative estimate of drug-likeness (QED) is 0.827. The number of carbonyl (C=O) groups is 1. The van der Waals surface area contributed by atoms with Crippen molar-refractivity contribution in [3.05, 3.63) is 30.1 Å². The van der Waals surface area contributed by atoms with Gasteiger partial charge >= 0.3 is 0 Å². The van der Waals surface area contributed by atoms with Crippen LogP contribution >= 0.6 is 0 Å². The summed E-state index contributed by atoms with van der Waals surface area (Å²) in [5.41, 5.74) is 0.598. The lowest BCUT2D eigenvalue weighted by Crippen LogP contribution is -2.36. The smallest absolute Gasteiger partial charge is 0.238 e. The van der Waals surface area contributed by atoms with Gasteiger partial charge in [0.1, 0.15) is 5.82 Å². The molecule has 1 heterocycles. The molecule has 2 N–H and O–H groups in total. The zero-order valence-corrected chi connectivity index (χ0v) is 9.41. The second-order valence-electron chi connectivity index (χ2n) is 4.00. The van der Waals surface area contributed by atoms with E-state index in [-0.39, 0.29) is 24.3 Å². The summed E-state index contributed by atoms with van der Waals surface area (Å²) >= 11 is 0. The number of hydrogen-bond donors (Lipinski definition) is 2. The number of ether oxygens (including phenoxy) is 1. The molecule has 1 saturated heterocycles. The van der Waals surface area contributed by atoms with E-state index in [0.29, 0.717) is 12.3 Å². The molecular weight excluding hydrogens is 223 g/mol. The number of carbonyl (C=O) groups excluding carboxylic acids is 1. The Bertz CT molecular complexity index is 375. The molecule has 1 fully saturated rings. The van der Waals surface area contributed by atoms with Crippen molar-refractivity contribution in [2.45, 2.75) is 12.5 Å². The Labute approximate surface area is 99.2 Å². The van der Waals surface area contributed by atoms with Crippen molar-refractivity contribution in [1.29, 1.82) is 0 Å². The second-order valence-corrected chi connectivity index (χ2v) is 4.00. The van der Waals surface area contributed by atoms with E-state index in [9.17, 15) is 9.18 Å². The van der Waals surface area contributed by atoms with E-state index in [4.69, 9.17) is 4.74 Å². The lowest BCUT2D eigenvalue weighted by molar-refractivity contribution is -0.115. The maximum atomic E-state index is 12.6. The van der Waals surface area contributed by atoms with Gasteiger partial charge in [-0.3, -0.25) is 4.79 Å². The van der Waals surface area contributed by atoms with Crippen molar-refractivity contribution in [3.8, 4) is 0 Å². The molecule has 0 aromatic heterocycles. The SMILES string of the molecule is O=C(CNC1CCOC1)Nc1ccc(F)cc1. The molecule has 5 heteroatoms. The molecule has 0 spiro atoms. The number of nitrogens with one attached hydrogen (secondary N) is 2. The van der Waals surface area contributed by atoms with Crippen LogP contribution in [0.15, 0.2) is 24.3 Å². The highest BCUT2D eigenvalue weighted by molar-refractivity contribution is 5.92. The molecule has 1 atom stereocenters. The normalized spacial score (nSPS) is 19.2. The molecule has 0 saturated carbocycles. The largest absolute Gasteiger partial charge is 0.380 e. The Balaban J connectivity index is 1.74. The Hall–Kier alpha value is -1.46. The summed E-state index contributed by atoms with van der Waals surface area (Å²) in [7, 11) is 0. The number of anilines is 1. The van der Waals surface area contributed by atoms with E-state index in [1.165, 1.54) is 24.3 Å². The maximum Gasteiger partial charge on any atom is 0.238 e. The molecule has 1 aliphatic rings. The molecule has 1 aromatic rings. The highest BCUT2D eigenvalue weighted by atomic mass is 19.1. The first kappa shape index (κ1) is 12.0. The summed E-state index contributed by atoms with van der Waals surface area (Å²) < 4.78 is 17.8. The number of hydrogen-bond acceptors (Lipinski definition) is 3. The summed E-state index contributed by atoms with van der Waals surface area (Å²) in [5.74, 6) is -0.451. The van der Waals surface area contributed by atoms with Crippen LogP contribution in [0, 0.1) is 5.82 Å². The first-order valence-corrected chi connectivity index (χ1v) is 5.60.